The summed E-state index contributed by atoms with van der Waals surface area (Å²) in [6.07, 6.45) is 8.13. The first-order valence-electron chi connectivity index (χ1n) is 5.95. The predicted molar refractivity (Wildman–Crippen MR) is 68.6 cm³/mol. The summed E-state index contributed by atoms with van der Waals surface area (Å²) in [4.78, 5) is 23.8. The standard InChI is InChI=1S/C14H22O3/c1-5-8-10-14(12(4)15,11-9-6-2)13(16)17-7-3/h5-6,8-9H,7,10-11H2,1-4H3/b8-5+,9-6+. The van der Waals surface area contributed by atoms with Gasteiger partial charge in [0.05, 0.1) is 6.61 Å². The highest BCUT2D eigenvalue weighted by molar-refractivity contribution is 6.03. The van der Waals surface area contributed by atoms with E-state index >= 15 is 0 Å². The molecule has 0 radical (unpaired) electrons. The zero-order chi connectivity index (χ0) is 13.3. The number of Topliss-reactive ketones (excluding diaryl/α,β-unsaturated/α-hetero) is 1. The zero-order valence-electron chi connectivity index (χ0n) is 11.2. The minimum atomic E-state index is -1.06. The van der Waals surface area contributed by atoms with Crippen molar-refractivity contribution < 1.29 is 14.3 Å². The lowest BCUT2D eigenvalue weighted by atomic mass is 9.77. The maximum absolute atomic E-state index is 12.0. The Morgan fingerprint density at radius 2 is 1.59 bits per heavy atom. The van der Waals surface area contributed by atoms with Crippen LogP contribution in [0.3, 0.4) is 0 Å². The topological polar surface area (TPSA) is 43.4 Å². The number of rotatable bonds is 7. The average molecular weight is 238 g/mol. The van der Waals surface area contributed by atoms with Gasteiger partial charge in [0.15, 0.2) is 0 Å². The minimum absolute atomic E-state index is 0.146. The van der Waals surface area contributed by atoms with Gasteiger partial charge in [-0.25, -0.2) is 0 Å². The van der Waals surface area contributed by atoms with E-state index in [9.17, 15) is 9.59 Å². The Balaban J connectivity index is 5.21. The van der Waals surface area contributed by atoms with Crippen molar-refractivity contribution in [3.8, 4) is 0 Å². The van der Waals surface area contributed by atoms with E-state index in [4.69, 9.17) is 4.74 Å². The number of ketones is 1. The summed E-state index contributed by atoms with van der Waals surface area (Å²) in [5.74, 6) is -0.573. The molecule has 0 saturated heterocycles. The van der Waals surface area contributed by atoms with E-state index < -0.39 is 11.4 Å². The normalized spacial score (nSPS) is 12.2. The summed E-state index contributed by atoms with van der Waals surface area (Å²) >= 11 is 0. The number of carbonyl (C=O) groups is 2. The highest BCUT2D eigenvalue weighted by atomic mass is 16.5. The van der Waals surface area contributed by atoms with Gasteiger partial charge >= 0.3 is 5.97 Å². The molecule has 96 valence electrons. The second kappa shape index (κ2) is 7.82. The fourth-order valence-electron chi connectivity index (χ4n) is 1.59. The van der Waals surface area contributed by atoms with E-state index in [1.165, 1.54) is 6.92 Å². The molecule has 3 nitrogen and oxygen atoms in total. The van der Waals surface area contributed by atoms with Crippen LogP contribution in [0.15, 0.2) is 24.3 Å². The number of hydrogen-bond acceptors (Lipinski definition) is 3. The Morgan fingerprint density at radius 1 is 1.12 bits per heavy atom. The van der Waals surface area contributed by atoms with Crippen molar-refractivity contribution in [1.82, 2.24) is 0 Å². The van der Waals surface area contributed by atoms with Crippen molar-refractivity contribution in [2.75, 3.05) is 6.61 Å². The average Bonchev–Trinajstić information content (AvgIpc) is 2.29. The smallest absolute Gasteiger partial charge is 0.320 e. The molecule has 0 fully saturated rings. The van der Waals surface area contributed by atoms with Gasteiger partial charge in [0.25, 0.3) is 0 Å². The lowest BCUT2D eigenvalue weighted by Crippen LogP contribution is -2.38. The summed E-state index contributed by atoms with van der Waals surface area (Å²) in [6.45, 7) is 7.22. The number of hydrogen-bond donors (Lipinski definition) is 0. The van der Waals surface area contributed by atoms with Crippen LogP contribution in [-0.4, -0.2) is 18.4 Å². The first-order valence-corrected chi connectivity index (χ1v) is 5.95. The van der Waals surface area contributed by atoms with Gasteiger partial charge in [-0.05, 0) is 40.5 Å². The third-order valence-electron chi connectivity index (χ3n) is 2.74. The minimum Gasteiger partial charge on any atom is -0.465 e. The van der Waals surface area contributed by atoms with E-state index in [0.717, 1.165) is 0 Å². The molecule has 0 spiro atoms. The molecule has 0 aromatic rings. The monoisotopic (exact) mass is 238 g/mol. The molecule has 0 unspecified atom stereocenters. The Labute approximate surface area is 104 Å². The van der Waals surface area contributed by atoms with Gasteiger partial charge in [-0.1, -0.05) is 24.3 Å². The van der Waals surface area contributed by atoms with Crippen molar-refractivity contribution in [3.05, 3.63) is 24.3 Å². The fourth-order valence-corrected chi connectivity index (χ4v) is 1.59. The highest BCUT2D eigenvalue weighted by Crippen LogP contribution is 2.31. The van der Waals surface area contributed by atoms with E-state index in [1.807, 2.05) is 38.2 Å². The summed E-state index contributed by atoms with van der Waals surface area (Å²) < 4.78 is 5.04. The lowest BCUT2D eigenvalue weighted by molar-refractivity contribution is -0.159. The molecule has 0 aliphatic heterocycles. The maximum Gasteiger partial charge on any atom is 0.320 e. The second-order valence-electron chi connectivity index (χ2n) is 3.91. The van der Waals surface area contributed by atoms with E-state index in [0.29, 0.717) is 19.4 Å². The van der Waals surface area contributed by atoms with Gasteiger partial charge in [-0.2, -0.15) is 0 Å². The van der Waals surface area contributed by atoms with Gasteiger partial charge in [0.1, 0.15) is 11.2 Å². The molecule has 0 aromatic carbocycles. The van der Waals surface area contributed by atoms with Crippen LogP contribution in [-0.2, 0) is 14.3 Å². The van der Waals surface area contributed by atoms with E-state index in [1.54, 1.807) is 6.92 Å². The predicted octanol–water partition coefficient (Wildman–Crippen LogP) is 3.06. The van der Waals surface area contributed by atoms with Crippen LogP contribution in [0.5, 0.6) is 0 Å². The van der Waals surface area contributed by atoms with Crippen LogP contribution in [0, 0.1) is 5.41 Å². The fraction of sp³-hybridized carbons (Fsp3) is 0.571. The Bertz CT molecular complexity index is 299. The van der Waals surface area contributed by atoms with Gasteiger partial charge in [0.2, 0.25) is 0 Å². The molecular formula is C14H22O3. The van der Waals surface area contributed by atoms with Crippen molar-refractivity contribution in [2.24, 2.45) is 5.41 Å². The van der Waals surface area contributed by atoms with Crippen LogP contribution in [0.4, 0.5) is 0 Å². The SMILES string of the molecule is C/C=C/CC(C/C=C/C)(C(C)=O)C(=O)OCC. The number of esters is 1. The second-order valence-corrected chi connectivity index (χ2v) is 3.91. The van der Waals surface area contributed by atoms with Crippen LogP contribution in [0.25, 0.3) is 0 Å². The third kappa shape index (κ3) is 4.17. The van der Waals surface area contributed by atoms with Crippen LogP contribution >= 0.6 is 0 Å². The molecule has 0 amide bonds. The largest absolute Gasteiger partial charge is 0.465 e. The van der Waals surface area contributed by atoms with Crippen LogP contribution in [0.1, 0.15) is 40.5 Å². The molecule has 0 atom stereocenters. The molecule has 0 rings (SSSR count). The van der Waals surface area contributed by atoms with Crippen molar-refractivity contribution in [1.29, 1.82) is 0 Å². The molecule has 0 bridgehead atoms. The molecule has 3 heteroatoms. The highest BCUT2D eigenvalue weighted by Gasteiger charge is 2.42. The van der Waals surface area contributed by atoms with Crippen molar-refractivity contribution in [2.45, 2.75) is 40.5 Å². The Hall–Kier alpha value is -1.38. The Morgan fingerprint density at radius 3 is 1.88 bits per heavy atom. The van der Waals surface area contributed by atoms with Crippen molar-refractivity contribution >= 4 is 11.8 Å². The maximum atomic E-state index is 12.0. The molecule has 0 aliphatic carbocycles. The number of allylic oxidation sites excluding steroid dienone is 4. The lowest BCUT2D eigenvalue weighted by Gasteiger charge is -2.26. The number of carbonyl (C=O) groups excluding carboxylic acids is 2. The van der Waals surface area contributed by atoms with Gasteiger partial charge in [0, 0.05) is 0 Å². The first kappa shape index (κ1) is 15.6. The molecule has 0 N–H and O–H groups in total. The zero-order valence-corrected chi connectivity index (χ0v) is 11.2. The summed E-state index contributed by atoms with van der Waals surface area (Å²) in [7, 11) is 0. The molecule has 0 heterocycles. The molecule has 0 saturated carbocycles. The van der Waals surface area contributed by atoms with Crippen LogP contribution in [0.2, 0.25) is 0 Å². The first-order chi connectivity index (χ1) is 8.05. The summed E-state index contributed by atoms with van der Waals surface area (Å²) in [5, 5.41) is 0. The summed E-state index contributed by atoms with van der Waals surface area (Å²) in [5.41, 5.74) is -1.06. The van der Waals surface area contributed by atoms with Gasteiger partial charge in [-0.3, -0.25) is 9.59 Å². The Kier molecular flexibility index (Phi) is 7.19. The van der Waals surface area contributed by atoms with Gasteiger partial charge < -0.3 is 4.74 Å². The summed E-state index contributed by atoms with van der Waals surface area (Å²) in [6, 6.07) is 0. The van der Waals surface area contributed by atoms with Crippen molar-refractivity contribution in [3.63, 3.8) is 0 Å². The van der Waals surface area contributed by atoms with E-state index in [2.05, 4.69) is 0 Å². The molecular weight excluding hydrogens is 216 g/mol. The molecule has 0 aromatic heterocycles. The third-order valence-corrected chi connectivity index (χ3v) is 2.74. The molecule has 0 aliphatic rings. The van der Waals surface area contributed by atoms with Gasteiger partial charge in [-0.15, -0.1) is 0 Å². The van der Waals surface area contributed by atoms with Crippen LogP contribution < -0.4 is 0 Å². The van der Waals surface area contributed by atoms with E-state index in [-0.39, 0.29) is 5.78 Å². The molecule has 17 heavy (non-hydrogen) atoms. The quantitative estimate of drug-likeness (QED) is 0.389. The number of ether oxygens (including phenoxy) is 1.